The molecule has 0 aromatic heterocycles. The van der Waals surface area contributed by atoms with E-state index in [1.165, 1.54) is 12.1 Å². The Bertz CT molecular complexity index is 1160. The van der Waals surface area contributed by atoms with Gasteiger partial charge in [-0.2, -0.15) is 4.72 Å². The molecular weight excluding hydrogens is 458 g/mol. The van der Waals surface area contributed by atoms with Crippen LogP contribution in [0.1, 0.15) is 33.1 Å². The van der Waals surface area contributed by atoms with E-state index >= 15 is 0 Å². The average molecular weight is 488 g/mol. The van der Waals surface area contributed by atoms with Crippen LogP contribution in [0, 0.1) is 5.92 Å². The maximum atomic E-state index is 13.1. The predicted molar refractivity (Wildman–Crippen MR) is 128 cm³/mol. The van der Waals surface area contributed by atoms with Crippen LogP contribution >= 0.6 is 0 Å². The van der Waals surface area contributed by atoms with Crippen molar-refractivity contribution in [3.05, 3.63) is 42.5 Å². The quantitative estimate of drug-likeness (QED) is 0.621. The summed E-state index contributed by atoms with van der Waals surface area (Å²) in [5, 5.41) is 2.77. The summed E-state index contributed by atoms with van der Waals surface area (Å²) in [5.74, 6) is 0.159. The summed E-state index contributed by atoms with van der Waals surface area (Å²) in [6.45, 7) is 5.15. The van der Waals surface area contributed by atoms with Gasteiger partial charge >= 0.3 is 0 Å². The average Bonchev–Trinajstić information content (AvgIpc) is 3.09. The topological polar surface area (TPSA) is 114 Å². The van der Waals surface area contributed by atoms with Gasteiger partial charge in [0.15, 0.2) is 11.5 Å². The first-order valence-electron chi connectivity index (χ1n) is 11.4. The minimum atomic E-state index is -4.00. The zero-order valence-corrected chi connectivity index (χ0v) is 20.1. The molecule has 4 rings (SSSR count). The number of hydrogen-bond acceptors (Lipinski definition) is 6. The lowest BCUT2D eigenvalue weighted by molar-refractivity contribution is -0.119. The first-order valence-corrected chi connectivity index (χ1v) is 12.9. The van der Waals surface area contributed by atoms with E-state index in [-0.39, 0.29) is 16.7 Å². The van der Waals surface area contributed by atoms with Gasteiger partial charge in [-0.15, -0.1) is 0 Å². The number of anilines is 2. The van der Waals surface area contributed by atoms with Gasteiger partial charge in [0.05, 0.1) is 18.1 Å². The van der Waals surface area contributed by atoms with Crippen LogP contribution in [0.2, 0.25) is 0 Å². The molecule has 1 fully saturated rings. The van der Waals surface area contributed by atoms with Gasteiger partial charge in [0.1, 0.15) is 6.04 Å². The Balaban J connectivity index is 1.47. The Kier molecular flexibility index (Phi) is 7.08. The number of carbonyl (C=O) groups excluding carboxylic acids is 2. The smallest absolute Gasteiger partial charge is 0.242 e. The fourth-order valence-electron chi connectivity index (χ4n) is 3.90. The van der Waals surface area contributed by atoms with E-state index in [1.54, 1.807) is 49.1 Å². The molecule has 2 aromatic carbocycles. The van der Waals surface area contributed by atoms with Crippen molar-refractivity contribution in [1.82, 2.24) is 4.72 Å². The first-order chi connectivity index (χ1) is 16.2. The Morgan fingerprint density at radius 1 is 1.00 bits per heavy atom. The molecule has 10 heteroatoms. The number of nitrogens with zero attached hydrogens (tertiary/aromatic N) is 1. The summed E-state index contributed by atoms with van der Waals surface area (Å²) >= 11 is 0. The lowest BCUT2D eigenvalue weighted by Crippen LogP contribution is -2.47. The monoisotopic (exact) mass is 487 g/mol. The van der Waals surface area contributed by atoms with E-state index in [9.17, 15) is 18.0 Å². The molecule has 2 amide bonds. The van der Waals surface area contributed by atoms with Crippen molar-refractivity contribution in [3.63, 3.8) is 0 Å². The second kappa shape index (κ2) is 10.0. The molecule has 34 heavy (non-hydrogen) atoms. The molecule has 2 aromatic rings. The van der Waals surface area contributed by atoms with E-state index in [0.29, 0.717) is 49.8 Å². The highest BCUT2D eigenvalue weighted by Crippen LogP contribution is 2.32. The molecule has 182 valence electrons. The number of fused-ring (bicyclic) bond motifs is 1. The van der Waals surface area contributed by atoms with E-state index < -0.39 is 22.0 Å². The molecule has 0 aliphatic carbocycles. The number of ether oxygens (including phenoxy) is 2. The molecule has 0 saturated carbocycles. The molecule has 2 N–H and O–H groups in total. The van der Waals surface area contributed by atoms with Gasteiger partial charge in [-0.3, -0.25) is 9.59 Å². The molecule has 1 saturated heterocycles. The van der Waals surface area contributed by atoms with Gasteiger partial charge < -0.3 is 19.7 Å². The molecule has 2 aliphatic rings. The van der Waals surface area contributed by atoms with Gasteiger partial charge in [0.25, 0.3) is 0 Å². The summed E-state index contributed by atoms with van der Waals surface area (Å²) in [5.41, 5.74) is 1.29. The second-order valence-corrected chi connectivity index (χ2v) is 10.4. The second-order valence-electron chi connectivity index (χ2n) is 8.69. The number of carbonyl (C=O) groups is 2. The largest absolute Gasteiger partial charge is 0.490 e. The number of amides is 2. The fourth-order valence-corrected chi connectivity index (χ4v) is 5.26. The zero-order chi connectivity index (χ0) is 24.3. The molecule has 1 atom stereocenters. The van der Waals surface area contributed by atoms with E-state index in [0.717, 1.165) is 12.1 Å². The van der Waals surface area contributed by atoms with Crippen LogP contribution in [0.4, 0.5) is 11.4 Å². The van der Waals surface area contributed by atoms with Crippen LogP contribution < -0.4 is 24.4 Å². The maximum Gasteiger partial charge on any atom is 0.242 e. The van der Waals surface area contributed by atoms with Crippen LogP contribution in [0.3, 0.4) is 0 Å². The SMILES string of the molecule is CC(C)C(NS(=O)(=O)c1ccc2c(c1)OCCCO2)C(=O)Nc1ccc(N2CCCC2=O)cc1. The summed E-state index contributed by atoms with van der Waals surface area (Å²) in [7, 11) is -4.00. The van der Waals surface area contributed by atoms with Gasteiger partial charge in [-0.1, -0.05) is 13.8 Å². The molecular formula is C24H29N3O6S. The van der Waals surface area contributed by atoms with Crippen LogP contribution in [0.25, 0.3) is 0 Å². The third-order valence-corrected chi connectivity index (χ3v) is 7.22. The number of sulfonamides is 1. The van der Waals surface area contributed by atoms with Crippen molar-refractivity contribution in [1.29, 1.82) is 0 Å². The highest BCUT2D eigenvalue weighted by molar-refractivity contribution is 7.89. The highest BCUT2D eigenvalue weighted by atomic mass is 32.2. The molecule has 0 spiro atoms. The Morgan fingerprint density at radius 2 is 1.71 bits per heavy atom. The van der Waals surface area contributed by atoms with Crippen LogP contribution in [0.15, 0.2) is 47.4 Å². The van der Waals surface area contributed by atoms with Crippen molar-refractivity contribution < 1.29 is 27.5 Å². The number of hydrogen-bond donors (Lipinski definition) is 2. The molecule has 9 nitrogen and oxygen atoms in total. The molecule has 0 bridgehead atoms. The van der Waals surface area contributed by atoms with Crippen molar-refractivity contribution >= 4 is 33.2 Å². The zero-order valence-electron chi connectivity index (χ0n) is 19.2. The van der Waals surface area contributed by atoms with Crippen molar-refractivity contribution in [2.75, 3.05) is 30.0 Å². The van der Waals surface area contributed by atoms with E-state index in [2.05, 4.69) is 10.0 Å². The summed E-state index contributed by atoms with van der Waals surface area (Å²) in [6, 6.07) is 10.4. The third-order valence-electron chi connectivity index (χ3n) is 5.78. The van der Waals surface area contributed by atoms with Gasteiger partial charge in [0, 0.05) is 36.8 Å². The van der Waals surface area contributed by atoms with Crippen molar-refractivity contribution in [3.8, 4) is 11.5 Å². The number of nitrogens with one attached hydrogen (secondary N) is 2. The minimum Gasteiger partial charge on any atom is -0.490 e. The van der Waals surface area contributed by atoms with Crippen LogP contribution in [-0.2, 0) is 19.6 Å². The normalized spacial score (nSPS) is 16.9. The molecule has 2 aliphatic heterocycles. The Morgan fingerprint density at radius 3 is 2.35 bits per heavy atom. The van der Waals surface area contributed by atoms with Crippen LogP contribution in [-0.4, -0.2) is 46.0 Å². The molecule has 2 heterocycles. The standard InChI is InChI=1S/C24H29N3O6S/c1-16(2)23(24(29)25-17-6-8-18(9-7-17)27-12-3-5-22(27)28)26-34(30,31)19-10-11-20-21(15-19)33-14-4-13-32-20/h6-11,15-16,23,26H,3-5,12-14H2,1-2H3,(H,25,29). The first kappa shape index (κ1) is 24.0. The van der Waals surface area contributed by atoms with E-state index in [1.807, 2.05) is 0 Å². The Labute approximate surface area is 199 Å². The Hall–Kier alpha value is -3.11. The number of rotatable bonds is 7. The van der Waals surface area contributed by atoms with Gasteiger partial charge in [-0.25, -0.2) is 8.42 Å². The van der Waals surface area contributed by atoms with Gasteiger partial charge in [-0.05, 0) is 48.7 Å². The lowest BCUT2D eigenvalue weighted by atomic mass is 10.0. The summed E-state index contributed by atoms with van der Waals surface area (Å²) in [4.78, 5) is 26.6. The predicted octanol–water partition coefficient (Wildman–Crippen LogP) is 2.92. The van der Waals surface area contributed by atoms with Gasteiger partial charge in [0.2, 0.25) is 21.8 Å². The molecule has 1 unspecified atom stereocenters. The summed E-state index contributed by atoms with van der Waals surface area (Å²) in [6.07, 6.45) is 2.08. The van der Waals surface area contributed by atoms with Crippen LogP contribution in [0.5, 0.6) is 11.5 Å². The number of benzene rings is 2. The molecule has 0 radical (unpaired) electrons. The summed E-state index contributed by atoms with van der Waals surface area (Å²) < 4.78 is 39.8. The lowest BCUT2D eigenvalue weighted by Gasteiger charge is -2.22. The van der Waals surface area contributed by atoms with Crippen molar-refractivity contribution in [2.24, 2.45) is 5.92 Å². The maximum absolute atomic E-state index is 13.1. The fraction of sp³-hybridized carbons (Fsp3) is 0.417. The minimum absolute atomic E-state index is 0.00478. The van der Waals surface area contributed by atoms with Crippen molar-refractivity contribution in [2.45, 2.75) is 44.0 Å². The third kappa shape index (κ3) is 5.34. The highest BCUT2D eigenvalue weighted by Gasteiger charge is 2.29. The van der Waals surface area contributed by atoms with E-state index in [4.69, 9.17) is 9.47 Å².